The van der Waals surface area contributed by atoms with Crippen molar-refractivity contribution < 1.29 is 12.6 Å². The molecule has 0 spiro atoms. The normalized spacial score (nSPS) is 11.7. The summed E-state index contributed by atoms with van der Waals surface area (Å²) >= 11 is 9.22. The van der Waals surface area contributed by atoms with E-state index in [0.717, 1.165) is 15.7 Å². The molecule has 7 heteroatoms. The van der Waals surface area contributed by atoms with Crippen molar-refractivity contribution >= 4 is 49.6 Å². The molecule has 0 bridgehead atoms. The van der Waals surface area contributed by atoms with Crippen LogP contribution < -0.4 is 4.18 Å². The third kappa shape index (κ3) is 5.01. The van der Waals surface area contributed by atoms with Crippen molar-refractivity contribution in [2.45, 2.75) is 18.7 Å². The SMILES string of the molecule is Cc1ccc(N=Cc2cc(Br)ccc2OS(=O)(=O)c2ccc(Cl)cc2)cc1C. The summed E-state index contributed by atoms with van der Waals surface area (Å²) in [7, 11) is -4.00. The molecule has 0 amide bonds. The number of hydrogen-bond acceptors (Lipinski definition) is 4. The summed E-state index contributed by atoms with van der Waals surface area (Å²) in [4.78, 5) is 4.48. The van der Waals surface area contributed by atoms with Gasteiger partial charge in [-0.25, -0.2) is 0 Å². The molecule has 3 rings (SSSR count). The van der Waals surface area contributed by atoms with Crippen molar-refractivity contribution in [3.05, 3.63) is 86.8 Å². The molecule has 0 atom stereocenters. The number of nitrogens with zero attached hydrogens (tertiary/aromatic N) is 1. The van der Waals surface area contributed by atoms with E-state index in [4.69, 9.17) is 15.8 Å². The van der Waals surface area contributed by atoms with Gasteiger partial charge in [-0.2, -0.15) is 8.42 Å². The lowest BCUT2D eigenvalue weighted by Gasteiger charge is -2.10. The first-order chi connectivity index (χ1) is 13.2. The highest BCUT2D eigenvalue weighted by atomic mass is 79.9. The Balaban J connectivity index is 1.93. The Morgan fingerprint density at radius 1 is 0.964 bits per heavy atom. The number of aryl methyl sites for hydroxylation is 2. The average molecular weight is 479 g/mol. The van der Waals surface area contributed by atoms with Crippen LogP contribution in [0, 0.1) is 13.8 Å². The van der Waals surface area contributed by atoms with E-state index in [0.29, 0.717) is 10.6 Å². The second-order valence-corrected chi connectivity index (χ2v) is 9.10. The molecule has 0 aromatic heterocycles. The zero-order valence-electron chi connectivity index (χ0n) is 15.2. The van der Waals surface area contributed by atoms with Gasteiger partial charge >= 0.3 is 10.1 Å². The van der Waals surface area contributed by atoms with E-state index >= 15 is 0 Å². The van der Waals surface area contributed by atoms with Crippen LogP contribution in [0.5, 0.6) is 5.75 Å². The zero-order valence-corrected chi connectivity index (χ0v) is 18.3. The molecular weight excluding hydrogens is 462 g/mol. The van der Waals surface area contributed by atoms with Crippen LogP contribution in [0.3, 0.4) is 0 Å². The van der Waals surface area contributed by atoms with Gasteiger partial charge in [0, 0.05) is 21.3 Å². The Morgan fingerprint density at radius 3 is 2.36 bits per heavy atom. The van der Waals surface area contributed by atoms with Gasteiger partial charge < -0.3 is 4.18 Å². The molecule has 28 heavy (non-hydrogen) atoms. The molecule has 0 heterocycles. The summed E-state index contributed by atoms with van der Waals surface area (Å²) in [5, 5.41) is 0.448. The van der Waals surface area contributed by atoms with Crippen LogP contribution in [0.4, 0.5) is 5.69 Å². The minimum atomic E-state index is -4.00. The molecule has 0 unspecified atom stereocenters. The summed E-state index contributed by atoms with van der Waals surface area (Å²) in [6.07, 6.45) is 1.58. The van der Waals surface area contributed by atoms with E-state index in [1.165, 1.54) is 29.8 Å². The van der Waals surface area contributed by atoms with Crippen molar-refractivity contribution in [1.29, 1.82) is 0 Å². The Hall–Kier alpha value is -2.15. The molecule has 144 valence electrons. The number of benzene rings is 3. The lowest BCUT2D eigenvalue weighted by molar-refractivity contribution is 0.485. The fourth-order valence-electron chi connectivity index (χ4n) is 2.41. The molecular formula is C21H17BrClNO3S. The van der Waals surface area contributed by atoms with E-state index in [2.05, 4.69) is 20.9 Å². The molecule has 0 fully saturated rings. The molecule has 0 aliphatic rings. The van der Waals surface area contributed by atoms with Gasteiger partial charge in [0.05, 0.1) is 5.69 Å². The van der Waals surface area contributed by atoms with E-state index in [1.807, 2.05) is 32.0 Å². The first kappa shape index (κ1) is 20.6. The maximum atomic E-state index is 12.6. The van der Waals surface area contributed by atoms with Gasteiger partial charge in [-0.3, -0.25) is 4.99 Å². The largest absolute Gasteiger partial charge is 0.378 e. The van der Waals surface area contributed by atoms with Gasteiger partial charge in [0.1, 0.15) is 4.90 Å². The van der Waals surface area contributed by atoms with Crippen molar-refractivity contribution in [2.75, 3.05) is 0 Å². The monoisotopic (exact) mass is 477 g/mol. The van der Waals surface area contributed by atoms with Gasteiger partial charge in [-0.05, 0) is 79.6 Å². The third-order valence-electron chi connectivity index (χ3n) is 4.12. The zero-order chi connectivity index (χ0) is 20.3. The first-order valence-electron chi connectivity index (χ1n) is 8.35. The summed E-state index contributed by atoms with van der Waals surface area (Å²) < 4.78 is 31.3. The molecule has 3 aromatic carbocycles. The van der Waals surface area contributed by atoms with E-state index in [1.54, 1.807) is 24.4 Å². The quantitative estimate of drug-likeness (QED) is 0.322. The predicted molar refractivity (Wildman–Crippen MR) is 117 cm³/mol. The number of halogens is 2. The summed E-state index contributed by atoms with van der Waals surface area (Å²) in [5.41, 5.74) is 3.62. The van der Waals surface area contributed by atoms with Crippen LogP contribution >= 0.6 is 27.5 Å². The number of hydrogen-bond donors (Lipinski definition) is 0. The summed E-state index contributed by atoms with van der Waals surface area (Å²) in [5.74, 6) is 0.186. The lowest BCUT2D eigenvalue weighted by atomic mass is 10.1. The maximum Gasteiger partial charge on any atom is 0.339 e. The molecule has 0 saturated carbocycles. The Labute approximate surface area is 178 Å². The smallest absolute Gasteiger partial charge is 0.339 e. The molecule has 0 saturated heterocycles. The van der Waals surface area contributed by atoms with Crippen molar-refractivity contribution in [1.82, 2.24) is 0 Å². The van der Waals surface area contributed by atoms with Crippen molar-refractivity contribution in [2.24, 2.45) is 4.99 Å². The topological polar surface area (TPSA) is 55.7 Å². The molecule has 0 aliphatic carbocycles. The number of aliphatic imine (C=N–C) groups is 1. The standard InChI is InChI=1S/C21H17BrClNO3S/c1-14-3-7-19(11-15(14)2)24-13-16-12-17(22)4-10-21(16)27-28(25,26)20-8-5-18(23)6-9-20/h3-13H,1-2H3. The summed E-state index contributed by atoms with van der Waals surface area (Å²) in [6, 6.07) is 16.7. The minimum absolute atomic E-state index is 0.0249. The fraction of sp³-hybridized carbons (Fsp3) is 0.0952. The highest BCUT2D eigenvalue weighted by molar-refractivity contribution is 9.10. The van der Waals surface area contributed by atoms with Gasteiger partial charge in [0.2, 0.25) is 0 Å². The third-order valence-corrected chi connectivity index (χ3v) is 6.11. The second kappa shape index (κ2) is 8.47. The molecule has 4 nitrogen and oxygen atoms in total. The van der Waals surface area contributed by atoms with Crippen LogP contribution in [0.1, 0.15) is 16.7 Å². The minimum Gasteiger partial charge on any atom is -0.378 e. The Kier molecular flexibility index (Phi) is 6.23. The maximum absolute atomic E-state index is 12.6. The fourth-order valence-corrected chi connectivity index (χ4v) is 3.87. The molecule has 0 radical (unpaired) electrons. The molecule has 3 aromatic rings. The van der Waals surface area contributed by atoms with Gasteiger partial charge in [0.15, 0.2) is 5.75 Å². The van der Waals surface area contributed by atoms with Crippen LogP contribution in [-0.2, 0) is 10.1 Å². The van der Waals surface area contributed by atoms with E-state index < -0.39 is 10.1 Å². The second-order valence-electron chi connectivity index (χ2n) is 6.20. The van der Waals surface area contributed by atoms with Crippen molar-refractivity contribution in [3.8, 4) is 5.75 Å². The van der Waals surface area contributed by atoms with Crippen LogP contribution in [0.15, 0.2) is 75.0 Å². The van der Waals surface area contributed by atoms with E-state index in [9.17, 15) is 8.42 Å². The summed E-state index contributed by atoms with van der Waals surface area (Å²) in [6.45, 7) is 4.05. The molecule has 0 N–H and O–H groups in total. The molecule has 0 aliphatic heterocycles. The lowest BCUT2D eigenvalue weighted by Crippen LogP contribution is -2.10. The van der Waals surface area contributed by atoms with Crippen LogP contribution in [0.25, 0.3) is 0 Å². The van der Waals surface area contributed by atoms with Crippen LogP contribution in [0.2, 0.25) is 5.02 Å². The predicted octanol–water partition coefficient (Wildman–Crippen LogP) is 6.24. The number of rotatable bonds is 5. The van der Waals surface area contributed by atoms with E-state index in [-0.39, 0.29) is 10.6 Å². The van der Waals surface area contributed by atoms with Gasteiger partial charge in [-0.1, -0.05) is 33.6 Å². The van der Waals surface area contributed by atoms with Gasteiger partial charge in [-0.15, -0.1) is 0 Å². The van der Waals surface area contributed by atoms with Crippen molar-refractivity contribution in [3.63, 3.8) is 0 Å². The highest BCUT2D eigenvalue weighted by Gasteiger charge is 2.18. The Morgan fingerprint density at radius 2 is 1.68 bits per heavy atom. The van der Waals surface area contributed by atoms with Crippen LogP contribution in [-0.4, -0.2) is 14.6 Å². The first-order valence-corrected chi connectivity index (χ1v) is 10.9. The highest BCUT2D eigenvalue weighted by Crippen LogP contribution is 2.27. The Bertz CT molecular complexity index is 1140. The van der Waals surface area contributed by atoms with Gasteiger partial charge in [0.25, 0.3) is 0 Å². The average Bonchev–Trinajstić information content (AvgIpc) is 2.65.